The summed E-state index contributed by atoms with van der Waals surface area (Å²) in [6.07, 6.45) is 0.142. The van der Waals surface area contributed by atoms with Crippen molar-refractivity contribution in [1.82, 2.24) is 4.90 Å². The molecule has 1 saturated heterocycles. The molecule has 1 fully saturated rings. The van der Waals surface area contributed by atoms with Crippen molar-refractivity contribution in [1.29, 1.82) is 5.26 Å². The van der Waals surface area contributed by atoms with Crippen molar-refractivity contribution in [3.05, 3.63) is 17.0 Å². The van der Waals surface area contributed by atoms with Crippen LogP contribution < -0.4 is 10.2 Å². The molecule has 0 aliphatic carbocycles. The number of anilines is 1. The summed E-state index contributed by atoms with van der Waals surface area (Å²) in [5.41, 5.74) is 0.499. The monoisotopic (exact) mass is 337 g/mol. The number of carbonyl (C=O) groups is 2. The maximum atomic E-state index is 12.0. The van der Waals surface area contributed by atoms with Crippen LogP contribution in [0, 0.1) is 11.3 Å². The zero-order valence-electron chi connectivity index (χ0n) is 13.1. The molecule has 7 nitrogen and oxygen atoms in total. The number of piperazine rings is 1. The predicted molar refractivity (Wildman–Crippen MR) is 86.4 cm³/mol. The Balaban J connectivity index is 1.70. The van der Waals surface area contributed by atoms with Gasteiger partial charge in [0, 0.05) is 0 Å². The summed E-state index contributed by atoms with van der Waals surface area (Å²) in [6.45, 7) is 5.83. The van der Waals surface area contributed by atoms with E-state index < -0.39 is 0 Å². The number of nitrogens with zero attached hydrogens (tertiary/aromatic N) is 2. The van der Waals surface area contributed by atoms with E-state index in [0.29, 0.717) is 36.7 Å². The number of nitrogens with one attached hydrogen (secondary N) is 2. The first-order valence-electron chi connectivity index (χ1n) is 7.66. The van der Waals surface area contributed by atoms with E-state index in [1.165, 1.54) is 16.2 Å². The third-order valence-electron chi connectivity index (χ3n) is 3.74. The van der Waals surface area contributed by atoms with Crippen LogP contribution in [0.4, 0.5) is 9.80 Å². The lowest BCUT2D eigenvalue weighted by molar-refractivity contribution is -0.903. The Morgan fingerprint density at radius 2 is 2.22 bits per heavy atom. The maximum Gasteiger partial charge on any atom is 0.410 e. The lowest BCUT2D eigenvalue weighted by atomic mass is 10.3. The van der Waals surface area contributed by atoms with Crippen LogP contribution in [0.25, 0.3) is 0 Å². The van der Waals surface area contributed by atoms with E-state index in [1.807, 2.05) is 0 Å². The lowest BCUT2D eigenvalue weighted by Crippen LogP contribution is -3.15. The van der Waals surface area contributed by atoms with E-state index in [9.17, 15) is 9.59 Å². The summed E-state index contributed by atoms with van der Waals surface area (Å²) in [7, 11) is 0. The summed E-state index contributed by atoms with van der Waals surface area (Å²) in [6, 6.07) is 3.75. The van der Waals surface area contributed by atoms with E-state index in [4.69, 9.17) is 10.00 Å². The molecule has 124 valence electrons. The van der Waals surface area contributed by atoms with Crippen molar-refractivity contribution in [3.8, 4) is 6.07 Å². The van der Waals surface area contributed by atoms with Crippen molar-refractivity contribution in [2.75, 3.05) is 44.6 Å². The smallest absolute Gasteiger partial charge is 0.410 e. The average molecular weight is 337 g/mol. The van der Waals surface area contributed by atoms with E-state index in [0.717, 1.165) is 19.6 Å². The molecule has 23 heavy (non-hydrogen) atoms. The van der Waals surface area contributed by atoms with Crippen molar-refractivity contribution >= 4 is 28.3 Å². The van der Waals surface area contributed by atoms with Crippen molar-refractivity contribution < 1.29 is 19.2 Å². The largest absolute Gasteiger partial charge is 0.450 e. The molecular formula is C15H21N4O3S+. The van der Waals surface area contributed by atoms with Gasteiger partial charge in [-0.25, -0.2) is 4.79 Å². The molecule has 0 bridgehead atoms. The van der Waals surface area contributed by atoms with Gasteiger partial charge in [-0.2, -0.15) is 5.26 Å². The zero-order valence-corrected chi connectivity index (χ0v) is 13.9. The third-order valence-corrected chi connectivity index (χ3v) is 4.57. The molecule has 0 aromatic carbocycles. The number of ether oxygens (including phenoxy) is 1. The minimum Gasteiger partial charge on any atom is -0.450 e. The summed E-state index contributed by atoms with van der Waals surface area (Å²) >= 11 is 1.35. The van der Waals surface area contributed by atoms with Crippen LogP contribution in [0.5, 0.6) is 0 Å². The molecular weight excluding hydrogens is 316 g/mol. The summed E-state index contributed by atoms with van der Waals surface area (Å²) in [5.74, 6) is -0.0794. The van der Waals surface area contributed by atoms with Crippen LogP contribution >= 0.6 is 11.3 Å². The first-order valence-corrected chi connectivity index (χ1v) is 8.54. The number of thiophene rings is 1. The SMILES string of the molecule is CCOC(=O)N1CC[NH+](CCC(=O)Nc2sccc2C#N)CC1. The van der Waals surface area contributed by atoms with Gasteiger partial charge in [0.15, 0.2) is 0 Å². The van der Waals surface area contributed by atoms with Crippen molar-refractivity contribution in [2.45, 2.75) is 13.3 Å². The first-order chi connectivity index (χ1) is 11.1. The summed E-state index contributed by atoms with van der Waals surface area (Å²) in [4.78, 5) is 26.6. The Morgan fingerprint density at radius 3 is 2.87 bits per heavy atom. The molecule has 1 aromatic heterocycles. The maximum absolute atomic E-state index is 12.0. The molecule has 1 aliphatic heterocycles. The van der Waals surface area contributed by atoms with Gasteiger partial charge >= 0.3 is 6.09 Å². The molecule has 2 heterocycles. The fourth-order valence-electron chi connectivity index (χ4n) is 2.44. The Labute approximate surface area is 139 Å². The molecule has 1 aromatic rings. The van der Waals surface area contributed by atoms with Crippen LogP contribution in [0.15, 0.2) is 11.4 Å². The van der Waals surface area contributed by atoms with Gasteiger partial charge in [0.05, 0.1) is 51.3 Å². The number of quaternary nitrogens is 1. The van der Waals surface area contributed by atoms with Gasteiger partial charge in [-0.1, -0.05) is 0 Å². The van der Waals surface area contributed by atoms with E-state index in [1.54, 1.807) is 23.3 Å². The van der Waals surface area contributed by atoms with Gasteiger partial charge in [-0.3, -0.25) is 9.69 Å². The summed E-state index contributed by atoms with van der Waals surface area (Å²) < 4.78 is 4.98. The topological polar surface area (TPSA) is 86.9 Å². The van der Waals surface area contributed by atoms with Gasteiger partial charge in [-0.15, -0.1) is 11.3 Å². The molecule has 0 saturated carbocycles. The highest BCUT2D eigenvalue weighted by Gasteiger charge is 2.24. The molecule has 8 heteroatoms. The fraction of sp³-hybridized carbons (Fsp3) is 0.533. The first kappa shape index (κ1) is 17.2. The number of amides is 2. The quantitative estimate of drug-likeness (QED) is 0.809. The molecule has 1 aliphatic rings. The molecule has 0 spiro atoms. The minimum atomic E-state index is -0.258. The average Bonchev–Trinajstić information content (AvgIpc) is 3.00. The Morgan fingerprint density at radius 1 is 1.48 bits per heavy atom. The molecule has 0 radical (unpaired) electrons. The van der Waals surface area contributed by atoms with Gasteiger partial charge < -0.3 is 15.0 Å². The number of carbonyl (C=O) groups excluding carboxylic acids is 2. The zero-order chi connectivity index (χ0) is 16.7. The van der Waals surface area contributed by atoms with Crippen LogP contribution in [-0.4, -0.2) is 56.2 Å². The Bertz CT molecular complexity index is 588. The van der Waals surface area contributed by atoms with E-state index in [-0.39, 0.29) is 12.0 Å². The highest BCUT2D eigenvalue weighted by molar-refractivity contribution is 7.14. The van der Waals surface area contributed by atoms with Crippen molar-refractivity contribution in [3.63, 3.8) is 0 Å². The van der Waals surface area contributed by atoms with Gasteiger partial charge in [0.25, 0.3) is 0 Å². The van der Waals surface area contributed by atoms with Gasteiger partial charge in [0.1, 0.15) is 11.1 Å². The second kappa shape index (κ2) is 8.50. The molecule has 2 rings (SSSR count). The number of hydrogen-bond donors (Lipinski definition) is 2. The highest BCUT2D eigenvalue weighted by atomic mass is 32.1. The third kappa shape index (κ3) is 4.94. The normalized spacial score (nSPS) is 15.0. The fourth-order valence-corrected chi connectivity index (χ4v) is 3.20. The van der Waals surface area contributed by atoms with Crippen molar-refractivity contribution in [2.24, 2.45) is 0 Å². The highest BCUT2D eigenvalue weighted by Crippen LogP contribution is 2.21. The number of rotatable bonds is 5. The van der Waals surface area contributed by atoms with E-state index >= 15 is 0 Å². The minimum absolute atomic E-state index is 0.0794. The second-order valence-corrected chi connectivity index (χ2v) is 6.18. The summed E-state index contributed by atoms with van der Waals surface area (Å²) in [5, 5.41) is 14.1. The molecule has 0 unspecified atom stereocenters. The molecule has 2 amide bonds. The number of nitriles is 1. The molecule has 2 N–H and O–H groups in total. The number of hydrogen-bond acceptors (Lipinski definition) is 5. The second-order valence-electron chi connectivity index (χ2n) is 5.26. The van der Waals surface area contributed by atoms with Crippen LogP contribution in [0.3, 0.4) is 0 Å². The standard InChI is InChI=1S/C15H20N4O3S/c1-2-22-15(21)19-8-6-18(7-9-19)5-3-13(20)17-14-12(11-16)4-10-23-14/h4,10H,2-3,5-9H2,1H3,(H,17,20)/p+1. The van der Waals surface area contributed by atoms with Gasteiger partial charge in [-0.05, 0) is 18.4 Å². The van der Waals surface area contributed by atoms with E-state index in [2.05, 4.69) is 11.4 Å². The Hall–Kier alpha value is -2.11. The Kier molecular flexibility index (Phi) is 6.38. The van der Waals surface area contributed by atoms with Crippen LogP contribution in [0.2, 0.25) is 0 Å². The predicted octanol–water partition coefficient (Wildman–Crippen LogP) is 0.305. The van der Waals surface area contributed by atoms with Crippen LogP contribution in [-0.2, 0) is 9.53 Å². The van der Waals surface area contributed by atoms with Gasteiger partial charge in [0.2, 0.25) is 5.91 Å². The lowest BCUT2D eigenvalue weighted by Gasteiger charge is -2.31. The van der Waals surface area contributed by atoms with Crippen LogP contribution in [0.1, 0.15) is 18.9 Å². The molecule has 0 atom stereocenters.